The summed E-state index contributed by atoms with van der Waals surface area (Å²) in [7, 11) is -2.26. The van der Waals surface area contributed by atoms with Gasteiger partial charge in [0.1, 0.15) is 11.6 Å². The van der Waals surface area contributed by atoms with Crippen molar-refractivity contribution >= 4 is 31.6 Å². The maximum atomic E-state index is 13.0. The van der Waals surface area contributed by atoms with Gasteiger partial charge in [-0.15, -0.1) is 0 Å². The molecule has 7 heteroatoms. The number of ether oxygens (including phenoxy) is 1. The average Bonchev–Trinajstić information content (AvgIpc) is 2.42. The summed E-state index contributed by atoms with van der Waals surface area (Å²) in [6.45, 7) is 1.63. The van der Waals surface area contributed by atoms with Crippen LogP contribution < -0.4 is 9.46 Å². The van der Waals surface area contributed by atoms with E-state index in [0.717, 1.165) is 0 Å². The summed E-state index contributed by atoms with van der Waals surface area (Å²) in [6, 6.07) is 8.29. The molecule has 0 spiro atoms. The minimum Gasteiger partial charge on any atom is -0.496 e. The van der Waals surface area contributed by atoms with Gasteiger partial charge in [0.2, 0.25) is 0 Å². The summed E-state index contributed by atoms with van der Waals surface area (Å²) in [5, 5.41) is 0. The van der Waals surface area contributed by atoms with Gasteiger partial charge in [0.05, 0.1) is 22.2 Å². The molecular formula is C14H13BrFNO3S. The lowest BCUT2D eigenvalue weighted by molar-refractivity contribution is 0.411. The van der Waals surface area contributed by atoms with Crippen LogP contribution in [0.2, 0.25) is 0 Å². The molecule has 0 saturated heterocycles. The van der Waals surface area contributed by atoms with Crippen LogP contribution in [-0.2, 0) is 10.0 Å². The molecule has 0 bridgehead atoms. The first-order chi connectivity index (χ1) is 9.83. The minimum absolute atomic E-state index is 0.0823. The predicted octanol–water partition coefficient (Wildman–Crippen LogP) is 3.71. The van der Waals surface area contributed by atoms with Crippen LogP contribution in [0.5, 0.6) is 5.75 Å². The number of benzene rings is 2. The summed E-state index contributed by atoms with van der Waals surface area (Å²) in [6.07, 6.45) is 0. The van der Waals surface area contributed by atoms with Gasteiger partial charge < -0.3 is 4.74 Å². The number of sulfonamides is 1. The number of rotatable bonds is 4. The lowest BCUT2D eigenvalue weighted by Gasteiger charge is -2.12. The van der Waals surface area contributed by atoms with Gasteiger partial charge in [-0.1, -0.05) is 0 Å². The number of aryl methyl sites for hydroxylation is 1. The van der Waals surface area contributed by atoms with E-state index in [9.17, 15) is 12.8 Å². The maximum Gasteiger partial charge on any atom is 0.261 e. The first-order valence-electron chi connectivity index (χ1n) is 5.96. The molecule has 2 aromatic carbocycles. The summed E-state index contributed by atoms with van der Waals surface area (Å²) in [4.78, 5) is 0.0823. The molecule has 0 radical (unpaired) electrons. The first-order valence-corrected chi connectivity index (χ1v) is 8.23. The zero-order valence-electron chi connectivity index (χ0n) is 11.4. The molecule has 0 atom stereocenters. The predicted molar refractivity (Wildman–Crippen MR) is 82.6 cm³/mol. The number of anilines is 1. The highest BCUT2D eigenvalue weighted by atomic mass is 79.9. The normalized spacial score (nSPS) is 11.2. The fraction of sp³-hybridized carbons (Fsp3) is 0.143. The van der Waals surface area contributed by atoms with Crippen molar-refractivity contribution < 1.29 is 17.5 Å². The van der Waals surface area contributed by atoms with E-state index in [1.807, 2.05) is 0 Å². The van der Waals surface area contributed by atoms with E-state index in [4.69, 9.17) is 4.74 Å². The fourth-order valence-electron chi connectivity index (χ4n) is 1.76. The van der Waals surface area contributed by atoms with Crippen molar-refractivity contribution in [3.63, 3.8) is 0 Å². The van der Waals surface area contributed by atoms with E-state index in [0.29, 0.717) is 21.5 Å². The molecule has 0 aliphatic carbocycles. The maximum absolute atomic E-state index is 13.0. The molecule has 0 heterocycles. The number of hydrogen-bond acceptors (Lipinski definition) is 3. The Balaban J connectivity index is 2.36. The SMILES string of the molecule is COc1ccc(S(=O)(=O)Nc2ccc(F)cc2C)cc1Br. The van der Waals surface area contributed by atoms with Gasteiger partial charge in [-0.2, -0.15) is 0 Å². The Kier molecular flexibility index (Phi) is 4.53. The van der Waals surface area contributed by atoms with Crippen LogP contribution in [0, 0.1) is 12.7 Å². The second kappa shape index (κ2) is 6.03. The molecule has 0 aromatic heterocycles. The molecule has 21 heavy (non-hydrogen) atoms. The molecule has 0 fully saturated rings. The number of methoxy groups -OCH3 is 1. The van der Waals surface area contributed by atoms with Gasteiger partial charge in [0.15, 0.2) is 0 Å². The molecular weight excluding hydrogens is 361 g/mol. The fourth-order valence-corrected chi connectivity index (χ4v) is 3.61. The van der Waals surface area contributed by atoms with Crippen molar-refractivity contribution in [1.29, 1.82) is 0 Å². The Morgan fingerprint density at radius 3 is 2.48 bits per heavy atom. The van der Waals surface area contributed by atoms with Gasteiger partial charge in [-0.05, 0) is 64.8 Å². The topological polar surface area (TPSA) is 55.4 Å². The van der Waals surface area contributed by atoms with Crippen molar-refractivity contribution in [2.45, 2.75) is 11.8 Å². The molecule has 4 nitrogen and oxygen atoms in total. The van der Waals surface area contributed by atoms with E-state index in [2.05, 4.69) is 20.7 Å². The van der Waals surface area contributed by atoms with Gasteiger partial charge in [-0.25, -0.2) is 12.8 Å². The summed E-state index contributed by atoms with van der Waals surface area (Å²) < 4.78 is 45.7. The highest BCUT2D eigenvalue weighted by Crippen LogP contribution is 2.28. The minimum atomic E-state index is -3.75. The Bertz CT molecular complexity index is 778. The lowest BCUT2D eigenvalue weighted by atomic mass is 10.2. The van der Waals surface area contributed by atoms with E-state index >= 15 is 0 Å². The first kappa shape index (κ1) is 15.8. The van der Waals surface area contributed by atoms with Gasteiger partial charge >= 0.3 is 0 Å². The second-order valence-electron chi connectivity index (χ2n) is 4.36. The van der Waals surface area contributed by atoms with Crippen LogP contribution in [0.1, 0.15) is 5.56 Å². The zero-order valence-corrected chi connectivity index (χ0v) is 13.8. The van der Waals surface area contributed by atoms with Crippen molar-refractivity contribution in [2.75, 3.05) is 11.8 Å². The van der Waals surface area contributed by atoms with Crippen LogP contribution in [0.15, 0.2) is 45.8 Å². The molecule has 0 amide bonds. The van der Waals surface area contributed by atoms with E-state index in [1.54, 1.807) is 13.0 Å². The standard InChI is InChI=1S/C14H13BrFNO3S/c1-9-7-10(16)3-5-13(9)17-21(18,19)11-4-6-14(20-2)12(15)8-11/h3-8,17H,1-2H3. The zero-order chi connectivity index (χ0) is 15.6. The number of halogens is 2. The van der Waals surface area contributed by atoms with Crippen LogP contribution in [0.25, 0.3) is 0 Å². The molecule has 0 unspecified atom stereocenters. The Morgan fingerprint density at radius 1 is 1.19 bits per heavy atom. The van der Waals surface area contributed by atoms with Crippen LogP contribution >= 0.6 is 15.9 Å². The monoisotopic (exact) mass is 373 g/mol. The largest absolute Gasteiger partial charge is 0.496 e. The van der Waals surface area contributed by atoms with Crippen LogP contribution in [0.4, 0.5) is 10.1 Å². The van der Waals surface area contributed by atoms with Crippen LogP contribution in [0.3, 0.4) is 0 Å². The third-order valence-corrected chi connectivity index (χ3v) is 4.85. The quantitative estimate of drug-likeness (QED) is 0.888. The molecule has 0 aliphatic rings. The molecule has 2 aromatic rings. The molecule has 0 aliphatic heterocycles. The van der Waals surface area contributed by atoms with Crippen molar-refractivity contribution in [1.82, 2.24) is 0 Å². The van der Waals surface area contributed by atoms with Gasteiger partial charge in [0, 0.05) is 0 Å². The highest BCUT2D eigenvalue weighted by molar-refractivity contribution is 9.10. The molecule has 2 rings (SSSR count). The molecule has 0 saturated carbocycles. The highest BCUT2D eigenvalue weighted by Gasteiger charge is 2.17. The third-order valence-electron chi connectivity index (χ3n) is 2.87. The smallest absolute Gasteiger partial charge is 0.261 e. The summed E-state index contributed by atoms with van der Waals surface area (Å²) in [5.74, 6) is 0.120. The second-order valence-corrected chi connectivity index (χ2v) is 6.90. The Morgan fingerprint density at radius 2 is 1.90 bits per heavy atom. The van der Waals surface area contributed by atoms with Crippen molar-refractivity contribution in [3.05, 3.63) is 52.3 Å². The lowest BCUT2D eigenvalue weighted by Crippen LogP contribution is -2.14. The number of hydrogen-bond donors (Lipinski definition) is 1. The van der Waals surface area contributed by atoms with Crippen molar-refractivity contribution in [2.24, 2.45) is 0 Å². The Hall–Kier alpha value is -1.60. The average molecular weight is 374 g/mol. The van der Waals surface area contributed by atoms with Gasteiger partial charge in [0.25, 0.3) is 10.0 Å². The molecule has 112 valence electrons. The van der Waals surface area contributed by atoms with Crippen molar-refractivity contribution in [3.8, 4) is 5.75 Å². The number of nitrogens with one attached hydrogen (secondary N) is 1. The van der Waals surface area contributed by atoms with Crippen LogP contribution in [-0.4, -0.2) is 15.5 Å². The van der Waals surface area contributed by atoms with E-state index in [-0.39, 0.29) is 4.90 Å². The summed E-state index contributed by atoms with van der Waals surface area (Å²) >= 11 is 3.24. The van der Waals surface area contributed by atoms with Gasteiger partial charge in [-0.3, -0.25) is 4.72 Å². The summed E-state index contributed by atoms with van der Waals surface area (Å²) in [5.41, 5.74) is 0.842. The Labute approximate surface area is 131 Å². The van der Waals surface area contributed by atoms with E-state index < -0.39 is 15.8 Å². The van der Waals surface area contributed by atoms with E-state index in [1.165, 1.54) is 37.4 Å². The third kappa shape index (κ3) is 3.54. The molecule has 1 N–H and O–H groups in total.